The van der Waals surface area contributed by atoms with Gasteiger partial charge in [0.2, 0.25) is 0 Å². The molecule has 0 aromatic heterocycles. The molecule has 0 aliphatic carbocycles. The molecule has 0 amide bonds. The molecule has 0 saturated carbocycles. The van der Waals surface area contributed by atoms with Crippen molar-refractivity contribution in [3.05, 3.63) is 34.9 Å². The van der Waals surface area contributed by atoms with Crippen LogP contribution in [0.2, 0.25) is 5.02 Å². The summed E-state index contributed by atoms with van der Waals surface area (Å²) >= 11 is 5.84. The second-order valence-corrected chi connectivity index (χ2v) is 4.98. The van der Waals surface area contributed by atoms with Crippen molar-refractivity contribution in [3.8, 4) is 0 Å². The van der Waals surface area contributed by atoms with Crippen LogP contribution in [-0.2, 0) is 6.42 Å². The largest absolute Gasteiger partial charge is 0.315 e. The van der Waals surface area contributed by atoms with Gasteiger partial charge in [0.05, 0.1) is 0 Å². The summed E-state index contributed by atoms with van der Waals surface area (Å²) in [5, 5.41) is 4.26. The van der Waals surface area contributed by atoms with Crippen LogP contribution in [0.15, 0.2) is 24.3 Å². The number of hydrogen-bond acceptors (Lipinski definition) is 1. The molecule has 0 heterocycles. The smallest absolute Gasteiger partial charge is 0.0406 e. The van der Waals surface area contributed by atoms with E-state index in [1.807, 2.05) is 12.1 Å². The standard InChI is InChI=1S/C14H22ClN/c1-12(2)16-11-5-3-4-6-13-7-9-14(15)10-8-13/h7-10,12,16H,3-6,11H2,1-2H3. The fraction of sp³-hybridized carbons (Fsp3) is 0.571. The lowest BCUT2D eigenvalue weighted by Crippen LogP contribution is -2.23. The van der Waals surface area contributed by atoms with Crippen LogP contribution in [-0.4, -0.2) is 12.6 Å². The predicted molar refractivity (Wildman–Crippen MR) is 72.1 cm³/mol. The van der Waals surface area contributed by atoms with Crippen LogP contribution in [0.25, 0.3) is 0 Å². The van der Waals surface area contributed by atoms with Gasteiger partial charge in [-0.25, -0.2) is 0 Å². The highest BCUT2D eigenvalue weighted by atomic mass is 35.5. The Kier molecular flexibility index (Phi) is 6.51. The normalized spacial score (nSPS) is 11.0. The van der Waals surface area contributed by atoms with E-state index in [0.29, 0.717) is 6.04 Å². The van der Waals surface area contributed by atoms with E-state index in [2.05, 4.69) is 31.3 Å². The molecular formula is C14H22ClN. The molecule has 0 atom stereocenters. The van der Waals surface area contributed by atoms with Crippen molar-refractivity contribution in [2.45, 2.75) is 45.6 Å². The SMILES string of the molecule is CC(C)NCCCCCc1ccc(Cl)cc1. The van der Waals surface area contributed by atoms with Gasteiger partial charge in [-0.1, -0.05) is 44.0 Å². The second kappa shape index (κ2) is 7.70. The molecule has 0 unspecified atom stereocenters. The molecule has 0 saturated heterocycles. The highest BCUT2D eigenvalue weighted by Gasteiger charge is 1.95. The second-order valence-electron chi connectivity index (χ2n) is 4.55. The van der Waals surface area contributed by atoms with Crippen LogP contribution in [0.1, 0.15) is 38.7 Å². The molecular weight excluding hydrogens is 218 g/mol. The van der Waals surface area contributed by atoms with Gasteiger partial charge in [-0.05, 0) is 43.5 Å². The lowest BCUT2D eigenvalue weighted by atomic mass is 10.1. The van der Waals surface area contributed by atoms with Crippen LogP contribution in [0.4, 0.5) is 0 Å². The molecule has 0 radical (unpaired) electrons. The molecule has 16 heavy (non-hydrogen) atoms. The third-order valence-corrected chi connectivity index (χ3v) is 2.86. The van der Waals surface area contributed by atoms with Gasteiger partial charge in [0.1, 0.15) is 0 Å². The van der Waals surface area contributed by atoms with Crippen molar-refractivity contribution in [3.63, 3.8) is 0 Å². The molecule has 0 aliphatic rings. The first-order chi connectivity index (χ1) is 7.68. The third-order valence-electron chi connectivity index (χ3n) is 2.61. The summed E-state index contributed by atoms with van der Waals surface area (Å²) in [6.07, 6.45) is 4.99. The van der Waals surface area contributed by atoms with Crippen LogP contribution in [0, 0.1) is 0 Å². The Hall–Kier alpha value is -0.530. The van der Waals surface area contributed by atoms with Crippen molar-refractivity contribution in [1.82, 2.24) is 5.32 Å². The fourth-order valence-corrected chi connectivity index (χ4v) is 1.80. The number of halogens is 1. The Morgan fingerprint density at radius 1 is 1.06 bits per heavy atom. The van der Waals surface area contributed by atoms with Crippen LogP contribution in [0.3, 0.4) is 0 Å². The van der Waals surface area contributed by atoms with Gasteiger partial charge in [0, 0.05) is 11.1 Å². The number of hydrogen-bond donors (Lipinski definition) is 1. The average Bonchev–Trinajstić information content (AvgIpc) is 2.25. The van der Waals surface area contributed by atoms with Crippen molar-refractivity contribution < 1.29 is 0 Å². The minimum Gasteiger partial charge on any atom is -0.315 e. The lowest BCUT2D eigenvalue weighted by Gasteiger charge is -2.07. The molecule has 2 heteroatoms. The van der Waals surface area contributed by atoms with E-state index in [9.17, 15) is 0 Å². The highest BCUT2D eigenvalue weighted by Crippen LogP contribution is 2.12. The van der Waals surface area contributed by atoms with Gasteiger partial charge in [-0.2, -0.15) is 0 Å². The molecule has 1 rings (SSSR count). The summed E-state index contributed by atoms with van der Waals surface area (Å²) in [6.45, 7) is 5.51. The third kappa shape index (κ3) is 6.14. The van der Waals surface area contributed by atoms with Crippen molar-refractivity contribution >= 4 is 11.6 Å². The molecule has 0 aliphatic heterocycles. The van der Waals surface area contributed by atoms with Gasteiger partial charge in [0.15, 0.2) is 0 Å². The zero-order valence-corrected chi connectivity index (χ0v) is 11.1. The first-order valence-corrected chi connectivity index (χ1v) is 6.54. The molecule has 0 bridgehead atoms. The van der Waals surface area contributed by atoms with E-state index in [1.165, 1.54) is 31.2 Å². The van der Waals surface area contributed by atoms with Gasteiger partial charge < -0.3 is 5.32 Å². The molecule has 1 aromatic carbocycles. The van der Waals surface area contributed by atoms with E-state index in [-0.39, 0.29) is 0 Å². The van der Waals surface area contributed by atoms with E-state index in [0.717, 1.165) is 11.6 Å². The topological polar surface area (TPSA) is 12.0 Å². The minimum atomic E-state index is 0.608. The van der Waals surface area contributed by atoms with Crippen molar-refractivity contribution in [2.75, 3.05) is 6.54 Å². The predicted octanol–water partition coefficient (Wildman–Crippen LogP) is 4.05. The maximum Gasteiger partial charge on any atom is 0.0406 e. The molecule has 1 aromatic rings. The summed E-state index contributed by atoms with van der Waals surface area (Å²) < 4.78 is 0. The molecule has 0 spiro atoms. The molecule has 1 nitrogen and oxygen atoms in total. The average molecular weight is 240 g/mol. The van der Waals surface area contributed by atoms with Gasteiger partial charge in [0.25, 0.3) is 0 Å². The zero-order chi connectivity index (χ0) is 11.8. The number of unbranched alkanes of at least 4 members (excludes halogenated alkanes) is 2. The van der Waals surface area contributed by atoms with Crippen LogP contribution < -0.4 is 5.32 Å². The van der Waals surface area contributed by atoms with E-state index >= 15 is 0 Å². The first-order valence-electron chi connectivity index (χ1n) is 6.16. The number of benzene rings is 1. The van der Waals surface area contributed by atoms with E-state index < -0.39 is 0 Å². The number of nitrogens with one attached hydrogen (secondary N) is 1. The monoisotopic (exact) mass is 239 g/mol. The summed E-state index contributed by atoms with van der Waals surface area (Å²) in [6, 6.07) is 8.79. The van der Waals surface area contributed by atoms with Crippen LogP contribution >= 0.6 is 11.6 Å². The molecule has 1 N–H and O–H groups in total. The summed E-state index contributed by atoms with van der Waals surface area (Å²) in [7, 11) is 0. The first kappa shape index (κ1) is 13.5. The Balaban J connectivity index is 2.05. The van der Waals surface area contributed by atoms with Crippen molar-refractivity contribution in [1.29, 1.82) is 0 Å². The Labute approximate surface area is 104 Å². The fourth-order valence-electron chi connectivity index (χ4n) is 1.67. The van der Waals surface area contributed by atoms with Gasteiger partial charge >= 0.3 is 0 Å². The lowest BCUT2D eigenvalue weighted by molar-refractivity contribution is 0.548. The number of rotatable bonds is 7. The van der Waals surface area contributed by atoms with Gasteiger partial charge in [-0.15, -0.1) is 0 Å². The molecule has 0 fully saturated rings. The maximum atomic E-state index is 5.84. The quantitative estimate of drug-likeness (QED) is 0.708. The van der Waals surface area contributed by atoms with E-state index in [1.54, 1.807) is 0 Å². The molecule has 90 valence electrons. The van der Waals surface area contributed by atoms with Crippen LogP contribution in [0.5, 0.6) is 0 Å². The van der Waals surface area contributed by atoms with E-state index in [4.69, 9.17) is 11.6 Å². The minimum absolute atomic E-state index is 0.608. The number of aryl methyl sites for hydroxylation is 1. The summed E-state index contributed by atoms with van der Waals surface area (Å²) in [5.74, 6) is 0. The van der Waals surface area contributed by atoms with Gasteiger partial charge in [-0.3, -0.25) is 0 Å². The Morgan fingerprint density at radius 3 is 2.38 bits per heavy atom. The zero-order valence-electron chi connectivity index (χ0n) is 10.3. The summed E-state index contributed by atoms with van der Waals surface area (Å²) in [5.41, 5.74) is 1.39. The Morgan fingerprint density at radius 2 is 1.75 bits per heavy atom. The Bertz CT molecular complexity index is 279. The summed E-state index contributed by atoms with van der Waals surface area (Å²) in [4.78, 5) is 0. The highest BCUT2D eigenvalue weighted by molar-refractivity contribution is 6.30. The van der Waals surface area contributed by atoms with Crippen molar-refractivity contribution in [2.24, 2.45) is 0 Å². The maximum absolute atomic E-state index is 5.84.